The number of hydrogen-bond acceptors (Lipinski definition) is 4. The number of ether oxygens (including phenoxy) is 2. The van der Waals surface area contributed by atoms with Crippen molar-refractivity contribution in [1.82, 2.24) is 9.55 Å². The molecule has 0 saturated heterocycles. The maximum Gasteiger partial charge on any atom is 0.417 e. The third-order valence-corrected chi connectivity index (χ3v) is 5.98. The maximum absolute atomic E-state index is 13.7. The van der Waals surface area contributed by atoms with Crippen molar-refractivity contribution in [2.75, 3.05) is 11.9 Å². The van der Waals surface area contributed by atoms with Crippen LogP contribution in [0.15, 0.2) is 109 Å². The second kappa shape index (κ2) is 11.4. The smallest absolute Gasteiger partial charge is 0.417 e. The minimum absolute atomic E-state index is 0.134. The van der Waals surface area contributed by atoms with Crippen molar-refractivity contribution in [1.29, 1.82) is 0 Å². The molecule has 5 aromatic rings. The van der Waals surface area contributed by atoms with E-state index in [0.717, 1.165) is 28.3 Å². The monoisotopic (exact) mass is 507 g/mol. The Morgan fingerprint density at radius 2 is 1.47 bits per heavy atom. The minimum Gasteiger partial charge on any atom is -0.492 e. The summed E-state index contributed by atoms with van der Waals surface area (Å²) in [4.78, 5) is 17.0. The van der Waals surface area contributed by atoms with Crippen LogP contribution in [0.2, 0.25) is 0 Å². The standard InChI is InChI=1S/C31H26FN3O3/c1-22-33-29(23-10-4-2-5-11-23)30(24-12-6-3-7-13-24)35(22)20-21-37-26-18-16-25(17-19-26)34-31(36)38-28-15-9-8-14-27(28)32/h2-19H,20-21H2,1H3,(H,34,36). The molecule has 38 heavy (non-hydrogen) atoms. The number of aromatic nitrogens is 2. The van der Waals surface area contributed by atoms with Crippen molar-refractivity contribution in [3.8, 4) is 34.0 Å². The first-order valence-corrected chi connectivity index (χ1v) is 12.2. The number of benzene rings is 4. The van der Waals surface area contributed by atoms with Crippen LogP contribution in [-0.2, 0) is 6.54 Å². The molecule has 0 saturated carbocycles. The van der Waals surface area contributed by atoms with E-state index < -0.39 is 11.9 Å². The summed E-state index contributed by atoms with van der Waals surface area (Å²) < 4.78 is 26.9. The Morgan fingerprint density at radius 1 is 0.842 bits per heavy atom. The van der Waals surface area contributed by atoms with Gasteiger partial charge in [0, 0.05) is 16.8 Å². The molecule has 0 aliphatic carbocycles. The quantitative estimate of drug-likeness (QED) is 0.238. The highest BCUT2D eigenvalue weighted by atomic mass is 19.1. The molecule has 7 heteroatoms. The molecule has 190 valence electrons. The normalized spacial score (nSPS) is 10.7. The molecule has 0 aliphatic rings. The summed E-state index contributed by atoms with van der Waals surface area (Å²) in [5.41, 5.74) is 4.64. The lowest BCUT2D eigenvalue weighted by Crippen LogP contribution is -2.17. The van der Waals surface area contributed by atoms with Crippen LogP contribution < -0.4 is 14.8 Å². The molecule has 5 rings (SSSR count). The molecular formula is C31H26FN3O3. The Morgan fingerprint density at radius 3 is 2.16 bits per heavy atom. The van der Waals surface area contributed by atoms with E-state index in [9.17, 15) is 9.18 Å². The molecule has 6 nitrogen and oxygen atoms in total. The lowest BCUT2D eigenvalue weighted by Gasteiger charge is -2.13. The van der Waals surface area contributed by atoms with Gasteiger partial charge >= 0.3 is 6.09 Å². The van der Waals surface area contributed by atoms with Crippen LogP contribution in [0.4, 0.5) is 14.9 Å². The fraction of sp³-hybridized carbons (Fsp3) is 0.0968. The van der Waals surface area contributed by atoms with E-state index in [1.54, 1.807) is 30.3 Å². The number of nitrogens with one attached hydrogen (secondary N) is 1. The lowest BCUT2D eigenvalue weighted by molar-refractivity contribution is 0.213. The Kier molecular flexibility index (Phi) is 7.45. The topological polar surface area (TPSA) is 65.4 Å². The summed E-state index contributed by atoms with van der Waals surface area (Å²) in [6, 6.07) is 33.0. The van der Waals surface area contributed by atoms with Gasteiger partial charge in [-0.2, -0.15) is 0 Å². The third kappa shape index (κ3) is 5.73. The number of hydrogen-bond donors (Lipinski definition) is 1. The summed E-state index contributed by atoms with van der Waals surface area (Å²) >= 11 is 0. The Balaban J connectivity index is 1.25. The van der Waals surface area contributed by atoms with Gasteiger partial charge in [0.25, 0.3) is 0 Å². The second-order valence-corrected chi connectivity index (χ2v) is 8.56. The van der Waals surface area contributed by atoms with Gasteiger partial charge in [0.2, 0.25) is 0 Å². The fourth-order valence-corrected chi connectivity index (χ4v) is 4.18. The SMILES string of the molecule is Cc1nc(-c2ccccc2)c(-c2ccccc2)n1CCOc1ccc(NC(=O)Oc2ccccc2F)cc1. The van der Waals surface area contributed by atoms with Gasteiger partial charge in [-0.05, 0) is 43.3 Å². The van der Waals surface area contributed by atoms with Crippen LogP contribution in [0.25, 0.3) is 22.5 Å². The van der Waals surface area contributed by atoms with Gasteiger partial charge in [-0.15, -0.1) is 0 Å². The zero-order chi connectivity index (χ0) is 26.3. The van der Waals surface area contributed by atoms with Crippen LogP contribution >= 0.6 is 0 Å². The van der Waals surface area contributed by atoms with E-state index in [4.69, 9.17) is 14.5 Å². The van der Waals surface area contributed by atoms with Crippen molar-refractivity contribution in [3.05, 3.63) is 121 Å². The predicted octanol–water partition coefficient (Wildman–Crippen LogP) is 7.35. The second-order valence-electron chi connectivity index (χ2n) is 8.56. The Bertz CT molecular complexity index is 1520. The summed E-state index contributed by atoms with van der Waals surface area (Å²) in [6.07, 6.45) is -0.776. The van der Waals surface area contributed by atoms with Gasteiger partial charge in [0.15, 0.2) is 11.6 Å². The molecule has 0 spiro atoms. The highest BCUT2D eigenvalue weighted by Gasteiger charge is 2.18. The first-order chi connectivity index (χ1) is 18.6. The van der Waals surface area contributed by atoms with Gasteiger partial charge in [-0.1, -0.05) is 72.8 Å². The van der Waals surface area contributed by atoms with Gasteiger partial charge in [0.05, 0.1) is 17.9 Å². The molecule has 1 aromatic heterocycles. The zero-order valence-electron chi connectivity index (χ0n) is 20.8. The zero-order valence-corrected chi connectivity index (χ0v) is 20.8. The average molecular weight is 508 g/mol. The number of amides is 1. The minimum atomic E-state index is -0.776. The fourth-order valence-electron chi connectivity index (χ4n) is 4.18. The molecule has 0 fully saturated rings. The Labute approximate surface area is 220 Å². The van der Waals surface area contributed by atoms with E-state index in [-0.39, 0.29) is 5.75 Å². The van der Waals surface area contributed by atoms with Gasteiger partial charge in [-0.25, -0.2) is 14.2 Å². The predicted molar refractivity (Wildman–Crippen MR) is 146 cm³/mol. The number of aryl methyl sites for hydroxylation is 1. The summed E-state index contributed by atoms with van der Waals surface area (Å²) in [5, 5.41) is 2.58. The first-order valence-electron chi connectivity index (χ1n) is 12.2. The number of rotatable bonds is 8. The molecule has 0 unspecified atom stereocenters. The van der Waals surface area contributed by atoms with Crippen LogP contribution in [0.3, 0.4) is 0 Å². The molecule has 0 aliphatic heterocycles. The number of carbonyl (C=O) groups is 1. The molecule has 1 heterocycles. The number of halogens is 1. The molecule has 0 bridgehead atoms. The number of imidazole rings is 1. The summed E-state index contributed by atoms with van der Waals surface area (Å²) in [7, 11) is 0. The molecule has 1 amide bonds. The van der Waals surface area contributed by atoms with E-state index in [1.807, 2.05) is 43.3 Å². The third-order valence-electron chi connectivity index (χ3n) is 5.98. The molecule has 4 aromatic carbocycles. The van der Waals surface area contributed by atoms with Crippen LogP contribution in [0, 0.1) is 12.7 Å². The highest BCUT2D eigenvalue weighted by Crippen LogP contribution is 2.32. The summed E-state index contributed by atoms with van der Waals surface area (Å²) in [5.74, 6) is 0.815. The van der Waals surface area contributed by atoms with Crippen LogP contribution in [-0.4, -0.2) is 22.3 Å². The van der Waals surface area contributed by atoms with Crippen LogP contribution in [0.5, 0.6) is 11.5 Å². The summed E-state index contributed by atoms with van der Waals surface area (Å²) in [6.45, 7) is 3.03. The number of carbonyl (C=O) groups excluding carboxylic acids is 1. The highest BCUT2D eigenvalue weighted by molar-refractivity contribution is 5.86. The number of para-hydroxylation sites is 1. The van der Waals surface area contributed by atoms with Crippen LogP contribution in [0.1, 0.15) is 5.82 Å². The number of nitrogens with zero attached hydrogens (tertiary/aromatic N) is 2. The van der Waals surface area contributed by atoms with E-state index in [0.29, 0.717) is 24.6 Å². The molecule has 1 N–H and O–H groups in total. The van der Waals surface area contributed by atoms with Gasteiger partial charge in [-0.3, -0.25) is 5.32 Å². The van der Waals surface area contributed by atoms with Crippen molar-refractivity contribution in [2.24, 2.45) is 0 Å². The van der Waals surface area contributed by atoms with E-state index in [2.05, 4.69) is 34.1 Å². The van der Waals surface area contributed by atoms with Crippen molar-refractivity contribution >= 4 is 11.8 Å². The van der Waals surface area contributed by atoms with Crippen molar-refractivity contribution < 1.29 is 18.7 Å². The van der Waals surface area contributed by atoms with Gasteiger partial charge in [0.1, 0.15) is 18.2 Å². The lowest BCUT2D eigenvalue weighted by atomic mass is 10.0. The Hall–Kier alpha value is -4.91. The maximum atomic E-state index is 13.7. The van der Waals surface area contributed by atoms with E-state index in [1.165, 1.54) is 18.2 Å². The molecular weight excluding hydrogens is 481 g/mol. The number of anilines is 1. The van der Waals surface area contributed by atoms with E-state index >= 15 is 0 Å². The van der Waals surface area contributed by atoms with Crippen molar-refractivity contribution in [2.45, 2.75) is 13.5 Å². The molecule has 0 atom stereocenters. The first kappa shape index (κ1) is 24.8. The van der Waals surface area contributed by atoms with Gasteiger partial charge < -0.3 is 14.0 Å². The molecule has 0 radical (unpaired) electrons. The average Bonchev–Trinajstić information content (AvgIpc) is 3.28. The van der Waals surface area contributed by atoms with Crippen molar-refractivity contribution in [3.63, 3.8) is 0 Å². The largest absolute Gasteiger partial charge is 0.492 e.